The molecule has 110 valence electrons. The van der Waals surface area contributed by atoms with Crippen molar-refractivity contribution in [3.63, 3.8) is 0 Å². The molecule has 1 aliphatic heterocycles. The molecule has 1 saturated heterocycles. The normalized spacial score (nSPS) is 35.9. The summed E-state index contributed by atoms with van der Waals surface area (Å²) in [6, 6.07) is 0. The topological polar surface area (TPSA) is 49.4 Å². The van der Waals surface area contributed by atoms with Crippen LogP contribution in [0.4, 0.5) is 8.78 Å². The molecule has 0 spiro atoms. The smallest absolute Gasteiger partial charge is 0.252 e. The number of nitrogens with one attached hydrogen (secondary N) is 1. The van der Waals surface area contributed by atoms with Gasteiger partial charge in [-0.1, -0.05) is 12.2 Å². The molecular formula is C14H18F2N2O2. The van der Waals surface area contributed by atoms with Crippen LogP contribution in [0.25, 0.3) is 0 Å². The summed E-state index contributed by atoms with van der Waals surface area (Å²) >= 11 is 0. The SMILES string of the molecule is O=C1NN(CC2CCCC2(F)F)C(=O)C2CC=CCC12. The number of hydrogen-bond donors (Lipinski definition) is 1. The third-order valence-electron chi connectivity index (χ3n) is 4.66. The minimum atomic E-state index is -2.73. The van der Waals surface area contributed by atoms with Crippen molar-refractivity contribution < 1.29 is 18.4 Å². The number of allylic oxidation sites excluding steroid dienone is 2. The third kappa shape index (κ3) is 2.21. The molecule has 3 atom stereocenters. The van der Waals surface area contributed by atoms with Crippen molar-refractivity contribution in [2.75, 3.05) is 6.54 Å². The largest absolute Gasteiger partial charge is 0.273 e. The number of rotatable bonds is 2. The van der Waals surface area contributed by atoms with Gasteiger partial charge in [0.15, 0.2) is 0 Å². The summed E-state index contributed by atoms with van der Waals surface area (Å²) in [7, 11) is 0. The van der Waals surface area contributed by atoms with Crippen molar-refractivity contribution in [2.24, 2.45) is 17.8 Å². The second-order valence-electron chi connectivity index (χ2n) is 5.93. The molecule has 2 amide bonds. The third-order valence-corrected chi connectivity index (χ3v) is 4.66. The van der Waals surface area contributed by atoms with E-state index in [2.05, 4.69) is 5.43 Å². The Bertz CT molecular complexity index is 464. The fraction of sp³-hybridized carbons (Fsp3) is 0.714. The monoisotopic (exact) mass is 284 g/mol. The maximum absolute atomic E-state index is 13.7. The zero-order chi connectivity index (χ0) is 14.3. The van der Waals surface area contributed by atoms with Crippen LogP contribution >= 0.6 is 0 Å². The van der Waals surface area contributed by atoms with Crippen molar-refractivity contribution in [2.45, 2.75) is 38.0 Å². The van der Waals surface area contributed by atoms with Crippen LogP contribution < -0.4 is 5.43 Å². The summed E-state index contributed by atoms with van der Waals surface area (Å²) in [5.74, 6) is -4.74. The quantitative estimate of drug-likeness (QED) is 0.787. The molecule has 3 unspecified atom stereocenters. The molecule has 0 aromatic rings. The first-order valence-electron chi connectivity index (χ1n) is 7.14. The van der Waals surface area contributed by atoms with E-state index in [1.165, 1.54) is 0 Å². The van der Waals surface area contributed by atoms with Crippen molar-refractivity contribution in [3.8, 4) is 0 Å². The summed E-state index contributed by atoms with van der Waals surface area (Å²) in [6.07, 6.45) is 5.62. The van der Waals surface area contributed by atoms with E-state index in [0.29, 0.717) is 25.7 Å². The highest BCUT2D eigenvalue weighted by Gasteiger charge is 2.48. The lowest BCUT2D eigenvalue weighted by Crippen LogP contribution is -2.60. The van der Waals surface area contributed by atoms with Crippen LogP contribution in [0.15, 0.2) is 12.2 Å². The number of amides is 2. The van der Waals surface area contributed by atoms with Gasteiger partial charge in [0, 0.05) is 12.3 Å². The minimum Gasteiger partial charge on any atom is -0.273 e. The molecular weight excluding hydrogens is 266 g/mol. The fourth-order valence-electron chi connectivity index (χ4n) is 3.43. The van der Waals surface area contributed by atoms with E-state index < -0.39 is 11.8 Å². The Hall–Kier alpha value is -1.46. The van der Waals surface area contributed by atoms with Crippen LogP contribution in [-0.2, 0) is 9.59 Å². The summed E-state index contributed by atoms with van der Waals surface area (Å²) in [5.41, 5.74) is 2.51. The molecule has 4 nitrogen and oxygen atoms in total. The van der Waals surface area contributed by atoms with Crippen LogP contribution in [0.3, 0.4) is 0 Å². The molecule has 0 radical (unpaired) electrons. The zero-order valence-corrected chi connectivity index (χ0v) is 11.1. The lowest BCUT2D eigenvalue weighted by atomic mass is 9.80. The number of carbonyl (C=O) groups excluding carboxylic acids is 2. The van der Waals surface area contributed by atoms with Crippen molar-refractivity contribution in [1.82, 2.24) is 10.4 Å². The Balaban J connectivity index is 1.73. The maximum atomic E-state index is 13.7. The minimum absolute atomic E-state index is 0.0789. The van der Waals surface area contributed by atoms with Gasteiger partial charge in [0.1, 0.15) is 0 Å². The van der Waals surface area contributed by atoms with Crippen molar-refractivity contribution in [1.29, 1.82) is 0 Å². The predicted molar refractivity (Wildman–Crippen MR) is 67.5 cm³/mol. The van der Waals surface area contributed by atoms with E-state index in [1.54, 1.807) is 0 Å². The van der Waals surface area contributed by atoms with Gasteiger partial charge in [0.05, 0.1) is 18.4 Å². The number of alkyl halides is 2. The van der Waals surface area contributed by atoms with Gasteiger partial charge < -0.3 is 0 Å². The van der Waals surface area contributed by atoms with Crippen LogP contribution in [0, 0.1) is 17.8 Å². The van der Waals surface area contributed by atoms with Crippen LogP contribution in [0.2, 0.25) is 0 Å². The van der Waals surface area contributed by atoms with Crippen LogP contribution in [-0.4, -0.2) is 29.3 Å². The molecule has 0 aromatic heterocycles. The molecule has 1 heterocycles. The van der Waals surface area contributed by atoms with E-state index in [4.69, 9.17) is 0 Å². The molecule has 0 bridgehead atoms. The van der Waals surface area contributed by atoms with E-state index in [-0.39, 0.29) is 36.6 Å². The number of nitrogens with zero attached hydrogens (tertiary/aromatic N) is 1. The molecule has 0 aromatic carbocycles. The van der Waals surface area contributed by atoms with Gasteiger partial charge in [-0.2, -0.15) is 0 Å². The molecule has 3 rings (SSSR count). The second kappa shape index (κ2) is 4.82. The van der Waals surface area contributed by atoms with E-state index in [9.17, 15) is 18.4 Å². The number of hydrazine groups is 1. The average Bonchev–Trinajstić information content (AvgIpc) is 2.75. The number of hydrogen-bond acceptors (Lipinski definition) is 2. The van der Waals surface area contributed by atoms with Crippen LogP contribution in [0.1, 0.15) is 32.1 Å². The summed E-state index contributed by atoms with van der Waals surface area (Å²) in [4.78, 5) is 24.3. The van der Waals surface area contributed by atoms with Gasteiger partial charge in [0.25, 0.3) is 5.92 Å². The first kappa shape index (κ1) is 13.5. The van der Waals surface area contributed by atoms with Crippen molar-refractivity contribution in [3.05, 3.63) is 12.2 Å². The van der Waals surface area contributed by atoms with Gasteiger partial charge in [-0.3, -0.25) is 20.0 Å². The van der Waals surface area contributed by atoms with Gasteiger partial charge in [-0.15, -0.1) is 0 Å². The average molecular weight is 284 g/mol. The zero-order valence-electron chi connectivity index (χ0n) is 11.1. The van der Waals surface area contributed by atoms with E-state index in [1.807, 2.05) is 12.2 Å². The number of carbonyl (C=O) groups is 2. The summed E-state index contributed by atoms with van der Waals surface area (Å²) in [5, 5.41) is 1.13. The Morgan fingerprint density at radius 2 is 1.95 bits per heavy atom. The molecule has 1 saturated carbocycles. The summed E-state index contributed by atoms with van der Waals surface area (Å²) in [6.45, 7) is -0.0789. The molecule has 1 N–H and O–H groups in total. The molecule has 6 heteroatoms. The van der Waals surface area contributed by atoms with Crippen LogP contribution in [0.5, 0.6) is 0 Å². The molecule has 20 heavy (non-hydrogen) atoms. The standard InChI is InChI=1S/C14H18F2N2O2/c15-14(16)7-3-4-9(14)8-18-13(20)11-6-2-1-5-10(11)12(19)17-18/h1-2,9-11H,3-8H2,(H,17,19). The highest BCUT2D eigenvalue weighted by Crippen LogP contribution is 2.41. The first-order valence-corrected chi connectivity index (χ1v) is 7.14. The fourth-order valence-corrected chi connectivity index (χ4v) is 3.43. The highest BCUT2D eigenvalue weighted by atomic mass is 19.3. The van der Waals surface area contributed by atoms with E-state index >= 15 is 0 Å². The van der Waals surface area contributed by atoms with E-state index in [0.717, 1.165) is 5.01 Å². The van der Waals surface area contributed by atoms with Gasteiger partial charge in [-0.05, 0) is 25.7 Å². The first-order chi connectivity index (χ1) is 9.49. The molecule has 3 aliphatic rings. The predicted octanol–water partition coefficient (Wildman–Crippen LogP) is 1.88. The van der Waals surface area contributed by atoms with Crippen molar-refractivity contribution >= 4 is 11.8 Å². The second-order valence-corrected chi connectivity index (χ2v) is 5.93. The van der Waals surface area contributed by atoms with Gasteiger partial charge >= 0.3 is 0 Å². The lowest BCUT2D eigenvalue weighted by molar-refractivity contribution is -0.160. The van der Waals surface area contributed by atoms with Gasteiger partial charge in [0.2, 0.25) is 11.8 Å². The Kier molecular flexibility index (Phi) is 3.26. The molecule has 2 fully saturated rings. The lowest BCUT2D eigenvalue weighted by Gasteiger charge is -2.39. The highest BCUT2D eigenvalue weighted by molar-refractivity contribution is 5.93. The number of fused-ring (bicyclic) bond motifs is 1. The van der Waals surface area contributed by atoms with Gasteiger partial charge in [-0.25, -0.2) is 8.78 Å². The Morgan fingerprint density at radius 1 is 1.25 bits per heavy atom. The number of halogens is 2. The maximum Gasteiger partial charge on any atom is 0.252 e. The Morgan fingerprint density at radius 3 is 2.60 bits per heavy atom. The summed E-state index contributed by atoms with van der Waals surface area (Å²) < 4.78 is 27.3. The Labute approximate surface area is 116 Å². The molecule has 2 aliphatic carbocycles.